The van der Waals surface area contributed by atoms with E-state index >= 15 is 0 Å². The minimum atomic E-state index is -1.03. The second-order valence-electron chi connectivity index (χ2n) is 11.5. The molecule has 2 unspecified atom stereocenters. The second kappa shape index (κ2) is 11.3. The molecule has 1 aliphatic carbocycles. The summed E-state index contributed by atoms with van der Waals surface area (Å²) in [6, 6.07) is -0.680. The van der Waals surface area contributed by atoms with Gasteiger partial charge in [-0.1, -0.05) is 38.3 Å². The van der Waals surface area contributed by atoms with Gasteiger partial charge in [0.1, 0.15) is 11.6 Å². The molecule has 4 fully saturated rings. The molecule has 3 heterocycles. The highest BCUT2D eigenvalue weighted by Crippen LogP contribution is 2.63. The summed E-state index contributed by atoms with van der Waals surface area (Å²) in [7, 11) is 0. The fourth-order valence-corrected chi connectivity index (χ4v) is 7.58. The zero-order valence-corrected chi connectivity index (χ0v) is 22.7. The molecular weight excluding hydrogens is 470 g/mol. The molecule has 37 heavy (non-hydrogen) atoms. The quantitative estimate of drug-likeness (QED) is 0.404. The van der Waals surface area contributed by atoms with Gasteiger partial charge in [-0.25, -0.2) is 0 Å². The van der Waals surface area contributed by atoms with Crippen molar-refractivity contribution in [2.75, 3.05) is 32.8 Å². The third-order valence-corrected chi connectivity index (χ3v) is 9.11. The molecule has 8 heteroatoms. The highest BCUT2D eigenvalue weighted by molar-refractivity contribution is 5.99. The molecule has 1 spiro atoms. The predicted octanol–water partition coefficient (Wildman–Crippen LogP) is 2.91. The Balaban J connectivity index is 1.74. The van der Waals surface area contributed by atoms with Crippen molar-refractivity contribution in [1.82, 2.24) is 14.7 Å². The van der Waals surface area contributed by atoms with Crippen LogP contribution in [0.2, 0.25) is 0 Å². The van der Waals surface area contributed by atoms with E-state index in [1.807, 2.05) is 18.7 Å². The van der Waals surface area contributed by atoms with E-state index in [0.717, 1.165) is 32.1 Å². The summed E-state index contributed by atoms with van der Waals surface area (Å²) >= 11 is 0. The first-order valence-electron chi connectivity index (χ1n) is 14.2. The number of amides is 3. The molecule has 2 bridgehead atoms. The molecule has 5 atom stereocenters. The zero-order valence-electron chi connectivity index (χ0n) is 22.7. The van der Waals surface area contributed by atoms with E-state index in [9.17, 15) is 19.5 Å². The first kappa shape index (κ1) is 27.8. The number of nitrogens with zero attached hydrogens (tertiary/aromatic N) is 3. The number of rotatable bonds is 12. The van der Waals surface area contributed by atoms with Crippen molar-refractivity contribution in [3.05, 3.63) is 25.3 Å². The molecule has 8 nitrogen and oxygen atoms in total. The van der Waals surface area contributed by atoms with Gasteiger partial charge in [-0.15, -0.1) is 13.2 Å². The third kappa shape index (κ3) is 4.65. The Kier molecular flexibility index (Phi) is 8.48. The predicted molar refractivity (Wildman–Crippen MR) is 141 cm³/mol. The Hall–Kier alpha value is -2.19. The van der Waals surface area contributed by atoms with E-state index in [0.29, 0.717) is 38.9 Å². The molecule has 4 rings (SSSR count). The van der Waals surface area contributed by atoms with Crippen LogP contribution in [0.25, 0.3) is 0 Å². The third-order valence-electron chi connectivity index (χ3n) is 9.11. The standard InChI is InChI=1S/C29H45N3O5/c1-5-16-30(17-6-2)25(34)22-23-26(35)32(19-11-20-33)24(29(23)15-14-28(22,4)37-29)27(36)31(18-7-3)21-12-9-8-10-13-21/h5,7,21-24,33H,1,3,6,8-20H2,2,4H3/t22-,23-,24?,28+,29?/m0/s1. The number of aliphatic hydroxyl groups is 1. The van der Waals surface area contributed by atoms with E-state index in [1.54, 1.807) is 22.0 Å². The van der Waals surface area contributed by atoms with Crippen LogP contribution in [-0.4, -0.2) is 93.6 Å². The summed E-state index contributed by atoms with van der Waals surface area (Å²) in [5.74, 6) is -1.72. The summed E-state index contributed by atoms with van der Waals surface area (Å²) in [6.07, 6.45) is 11.1. The Morgan fingerprint density at radius 3 is 2.46 bits per heavy atom. The second-order valence-corrected chi connectivity index (χ2v) is 11.5. The molecule has 0 aromatic heterocycles. The molecule has 1 N–H and O–H groups in total. The lowest BCUT2D eigenvalue weighted by Gasteiger charge is -2.40. The van der Waals surface area contributed by atoms with Gasteiger partial charge in [0.15, 0.2) is 0 Å². The van der Waals surface area contributed by atoms with Gasteiger partial charge in [0, 0.05) is 38.8 Å². The van der Waals surface area contributed by atoms with Crippen LogP contribution in [0.3, 0.4) is 0 Å². The monoisotopic (exact) mass is 515 g/mol. The summed E-state index contributed by atoms with van der Waals surface area (Å²) in [5.41, 5.74) is -1.82. The molecule has 4 aliphatic rings. The molecular formula is C29H45N3O5. The Bertz CT molecular complexity index is 902. The number of carbonyl (C=O) groups excluding carboxylic acids is 3. The topological polar surface area (TPSA) is 90.4 Å². The van der Waals surface area contributed by atoms with Crippen molar-refractivity contribution >= 4 is 17.7 Å². The van der Waals surface area contributed by atoms with Gasteiger partial charge in [0.05, 0.1) is 17.4 Å². The number of likely N-dealkylation sites (tertiary alicyclic amines) is 1. The maximum Gasteiger partial charge on any atom is 0.248 e. The van der Waals surface area contributed by atoms with Gasteiger partial charge in [-0.2, -0.15) is 0 Å². The fraction of sp³-hybridized carbons (Fsp3) is 0.759. The van der Waals surface area contributed by atoms with E-state index in [4.69, 9.17) is 4.74 Å². The van der Waals surface area contributed by atoms with E-state index in [2.05, 4.69) is 13.2 Å². The maximum atomic E-state index is 14.4. The van der Waals surface area contributed by atoms with Gasteiger partial charge >= 0.3 is 0 Å². The maximum absolute atomic E-state index is 14.4. The van der Waals surface area contributed by atoms with Crippen LogP contribution in [0.4, 0.5) is 0 Å². The average Bonchev–Trinajstić information content (AvgIpc) is 3.46. The summed E-state index contributed by atoms with van der Waals surface area (Å²) < 4.78 is 6.77. The van der Waals surface area contributed by atoms with Crippen LogP contribution in [0.5, 0.6) is 0 Å². The number of aliphatic hydroxyl groups excluding tert-OH is 1. The number of hydrogen-bond donors (Lipinski definition) is 1. The van der Waals surface area contributed by atoms with Crippen LogP contribution < -0.4 is 0 Å². The van der Waals surface area contributed by atoms with Gasteiger partial charge in [-0.05, 0) is 45.4 Å². The van der Waals surface area contributed by atoms with Crippen molar-refractivity contribution in [2.45, 2.75) is 94.9 Å². The lowest BCUT2D eigenvalue weighted by Crippen LogP contribution is -2.58. The highest BCUT2D eigenvalue weighted by atomic mass is 16.5. The molecule has 206 valence electrons. The molecule has 0 aromatic carbocycles. The largest absolute Gasteiger partial charge is 0.396 e. The van der Waals surface area contributed by atoms with Crippen LogP contribution in [0, 0.1) is 11.8 Å². The number of ether oxygens (including phenoxy) is 1. The lowest BCUT2D eigenvalue weighted by molar-refractivity contribution is -0.155. The van der Waals surface area contributed by atoms with Gasteiger partial charge in [-0.3, -0.25) is 14.4 Å². The first-order valence-corrected chi connectivity index (χ1v) is 14.2. The van der Waals surface area contributed by atoms with Crippen molar-refractivity contribution in [3.63, 3.8) is 0 Å². The number of hydrogen-bond acceptors (Lipinski definition) is 5. The first-order chi connectivity index (χ1) is 17.8. The Morgan fingerprint density at radius 2 is 1.84 bits per heavy atom. The number of carbonyl (C=O) groups is 3. The summed E-state index contributed by atoms with van der Waals surface area (Å²) in [5, 5.41) is 9.59. The summed E-state index contributed by atoms with van der Waals surface area (Å²) in [6.45, 7) is 13.3. The summed E-state index contributed by atoms with van der Waals surface area (Å²) in [4.78, 5) is 47.8. The van der Waals surface area contributed by atoms with Gasteiger partial charge in [0.25, 0.3) is 0 Å². The lowest BCUT2D eigenvalue weighted by atomic mass is 9.66. The minimum Gasteiger partial charge on any atom is -0.396 e. The average molecular weight is 516 g/mol. The van der Waals surface area contributed by atoms with Crippen LogP contribution >= 0.6 is 0 Å². The smallest absolute Gasteiger partial charge is 0.248 e. The Labute approximate surface area is 221 Å². The van der Waals surface area contributed by atoms with E-state index in [-0.39, 0.29) is 36.9 Å². The van der Waals surface area contributed by atoms with Crippen molar-refractivity contribution in [1.29, 1.82) is 0 Å². The fourth-order valence-electron chi connectivity index (χ4n) is 7.58. The van der Waals surface area contributed by atoms with Gasteiger partial charge in [0.2, 0.25) is 17.7 Å². The normalized spacial score (nSPS) is 32.9. The molecule has 3 saturated heterocycles. The number of fused-ring (bicyclic) bond motifs is 1. The molecule has 0 aromatic rings. The van der Waals surface area contributed by atoms with Gasteiger partial charge < -0.3 is 24.5 Å². The van der Waals surface area contributed by atoms with E-state index < -0.39 is 29.1 Å². The zero-order chi connectivity index (χ0) is 26.8. The minimum absolute atomic E-state index is 0.0775. The van der Waals surface area contributed by atoms with Crippen LogP contribution in [-0.2, 0) is 19.1 Å². The van der Waals surface area contributed by atoms with Crippen LogP contribution in [0.15, 0.2) is 25.3 Å². The SMILES string of the molecule is C=CCN(CCC)C(=O)[C@@H]1[C@H]2C(=O)N(CCCO)C(C(=O)N(CC=C)C3CCCCC3)C23CC[C@@]1(C)O3. The van der Waals surface area contributed by atoms with Crippen molar-refractivity contribution in [3.8, 4) is 0 Å². The Morgan fingerprint density at radius 1 is 1.14 bits per heavy atom. The van der Waals surface area contributed by atoms with E-state index in [1.165, 1.54) is 6.42 Å². The molecule has 0 radical (unpaired) electrons. The van der Waals surface area contributed by atoms with Crippen LogP contribution in [0.1, 0.15) is 71.6 Å². The highest BCUT2D eigenvalue weighted by Gasteiger charge is 2.78. The van der Waals surface area contributed by atoms with Crippen molar-refractivity contribution < 1.29 is 24.2 Å². The molecule has 3 aliphatic heterocycles. The molecule has 3 amide bonds. The van der Waals surface area contributed by atoms with Crippen molar-refractivity contribution in [2.24, 2.45) is 11.8 Å². The molecule has 1 saturated carbocycles.